The van der Waals surface area contributed by atoms with Gasteiger partial charge in [0.2, 0.25) is 0 Å². The second-order valence-electron chi connectivity index (χ2n) is 5.59. The third-order valence-electron chi connectivity index (χ3n) is 3.89. The number of hydrogen-bond donors (Lipinski definition) is 1. The van der Waals surface area contributed by atoms with Crippen molar-refractivity contribution in [3.8, 4) is 11.1 Å². The van der Waals surface area contributed by atoms with Gasteiger partial charge in [0.15, 0.2) is 0 Å². The SMILES string of the molecule is CCCNCc1ccccc1-c1cc(C)c(C)cc1C. The van der Waals surface area contributed by atoms with E-state index >= 15 is 0 Å². The van der Waals surface area contributed by atoms with Crippen LogP contribution >= 0.6 is 0 Å². The van der Waals surface area contributed by atoms with Crippen molar-refractivity contribution in [2.75, 3.05) is 6.54 Å². The lowest BCUT2D eigenvalue weighted by Gasteiger charge is -2.14. The molecule has 2 rings (SSSR count). The van der Waals surface area contributed by atoms with Crippen molar-refractivity contribution in [2.24, 2.45) is 0 Å². The predicted octanol–water partition coefficient (Wildman–Crippen LogP) is 4.78. The summed E-state index contributed by atoms with van der Waals surface area (Å²) in [4.78, 5) is 0. The van der Waals surface area contributed by atoms with Crippen molar-refractivity contribution >= 4 is 0 Å². The summed E-state index contributed by atoms with van der Waals surface area (Å²) in [5.41, 5.74) is 8.19. The maximum atomic E-state index is 3.51. The topological polar surface area (TPSA) is 12.0 Å². The molecule has 0 radical (unpaired) electrons. The van der Waals surface area contributed by atoms with E-state index in [1.165, 1.54) is 39.8 Å². The average molecular weight is 267 g/mol. The Labute approximate surface area is 123 Å². The molecule has 0 atom stereocenters. The van der Waals surface area contributed by atoms with Crippen LogP contribution in [-0.4, -0.2) is 6.54 Å². The molecule has 0 aromatic heterocycles. The second-order valence-corrected chi connectivity index (χ2v) is 5.59. The van der Waals surface area contributed by atoms with Crippen LogP contribution in [0.2, 0.25) is 0 Å². The standard InChI is InChI=1S/C19H25N/c1-5-10-20-13-17-8-6-7-9-18(17)19-12-15(3)14(2)11-16(19)4/h6-9,11-12,20H,5,10,13H2,1-4H3. The van der Waals surface area contributed by atoms with Crippen molar-refractivity contribution in [2.45, 2.75) is 40.7 Å². The van der Waals surface area contributed by atoms with Gasteiger partial charge in [0.25, 0.3) is 0 Å². The number of aryl methyl sites for hydroxylation is 3. The van der Waals surface area contributed by atoms with Crippen LogP contribution in [-0.2, 0) is 6.54 Å². The van der Waals surface area contributed by atoms with Gasteiger partial charge in [-0.3, -0.25) is 0 Å². The molecule has 1 nitrogen and oxygen atoms in total. The maximum absolute atomic E-state index is 3.51. The Hall–Kier alpha value is -1.60. The molecule has 106 valence electrons. The van der Waals surface area contributed by atoms with Crippen LogP contribution in [0.25, 0.3) is 11.1 Å². The summed E-state index contributed by atoms with van der Waals surface area (Å²) in [6.45, 7) is 10.8. The highest BCUT2D eigenvalue weighted by molar-refractivity contribution is 5.71. The molecule has 0 saturated heterocycles. The predicted molar refractivity (Wildman–Crippen MR) is 88.1 cm³/mol. The van der Waals surface area contributed by atoms with Crippen molar-refractivity contribution in [3.05, 3.63) is 58.7 Å². The molecule has 0 fully saturated rings. The van der Waals surface area contributed by atoms with Crippen LogP contribution in [0, 0.1) is 20.8 Å². The molecule has 20 heavy (non-hydrogen) atoms. The van der Waals surface area contributed by atoms with E-state index in [1.54, 1.807) is 0 Å². The van der Waals surface area contributed by atoms with E-state index in [2.05, 4.69) is 69.4 Å². The lowest BCUT2D eigenvalue weighted by molar-refractivity contribution is 0.676. The lowest BCUT2D eigenvalue weighted by Crippen LogP contribution is -2.14. The zero-order valence-corrected chi connectivity index (χ0v) is 13.1. The quantitative estimate of drug-likeness (QED) is 0.769. The first kappa shape index (κ1) is 14.8. The summed E-state index contributed by atoms with van der Waals surface area (Å²) >= 11 is 0. The van der Waals surface area contributed by atoms with E-state index in [1.807, 2.05) is 0 Å². The van der Waals surface area contributed by atoms with Crippen molar-refractivity contribution < 1.29 is 0 Å². The molecule has 2 aromatic rings. The van der Waals surface area contributed by atoms with Crippen molar-refractivity contribution in [1.82, 2.24) is 5.32 Å². The molecule has 0 unspecified atom stereocenters. The fraction of sp³-hybridized carbons (Fsp3) is 0.368. The van der Waals surface area contributed by atoms with Crippen LogP contribution in [0.3, 0.4) is 0 Å². The Morgan fingerprint density at radius 3 is 2.30 bits per heavy atom. The second kappa shape index (κ2) is 6.71. The molecule has 0 saturated carbocycles. The minimum Gasteiger partial charge on any atom is -0.313 e. The number of hydrogen-bond acceptors (Lipinski definition) is 1. The third kappa shape index (κ3) is 3.29. The van der Waals surface area contributed by atoms with E-state index in [0.29, 0.717) is 0 Å². The number of nitrogens with one attached hydrogen (secondary N) is 1. The first-order valence-corrected chi connectivity index (χ1v) is 7.50. The van der Waals surface area contributed by atoms with E-state index in [-0.39, 0.29) is 0 Å². The zero-order valence-electron chi connectivity index (χ0n) is 13.1. The summed E-state index contributed by atoms with van der Waals surface area (Å²) in [5, 5.41) is 3.51. The van der Waals surface area contributed by atoms with Gasteiger partial charge >= 0.3 is 0 Å². The molecule has 1 heteroatoms. The van der Waals surface area contributed by atoms with Gasteiger partial charge in [0.05, 0.1) is 0 Å². The Kier molecular flexibility index (Phi) is 4.97. The van der Waals surface area contributed by atoms with Gasteiger partial charge in [-0.25, -0.2) is 0 Å². The average Bonchev–Trinajstić information content (AvgIpc) is 2.44. The molecule has 0 heterocycles. The summed E-state index contributed by atoms with van der Waals surface area (Å²) < 4.78 is 0. The molecular formula is C19H25N. The lowest BCUT2D eigenvalue weighted by atomic mass is 9.92. The van der Waals surface area contributed by atoms with Gasteiger partial charge in [-0.2, -0.15) is 0 Å². The molecule has 2 aromatic carbocycles. The van der Waals surface area contributed by atoms with Crippen LogP contribution < -0.4 is 5.32 Å². The van der Waals surface area contributed by atoms with Gasteiger partial charge in [-0.1, -0.05) is 43.3 Å². The zero-order chi connectivity index (χ0) is 14.5. The van der Waals surface area contributed by atoms with Gasteiger partial charge in [0.1, 0.15) is 0 Å². The van der Waals surface area contributed by atoms with Crippen LogP contribution in [0.15, 0.2) is 36.4 Å². The monoisotopic (exact) mass is 267 g/mol. The first-order valence-electron chi connectivity index (χ1n) is 7.50. The highest BCUT2D eigenvalue weighted by Crippen LogP contribution is 2.29. The minimum atomic E-state index is 0.941. The van der Waals surface area contributed by atoms with E-state index in [4.69, 9.17) is 0 Å². The van der Waals surface area contributed by atoms with Gasteiger partial charge in [-0.05, 0) is 67.1 Å². The van der Waals surface area contributed by atoms with E-state index in [0.717, 1.165) is 13.1 Å². The van der Waals surface area contributed by atoms with Gasteiger partial charge < -0.3 is 5.32 Å². The summed E-state index contributed by atoms with van der Waals surface area (Å²) in [7, 11) is 0. The molecule has 0 amide bonds. The van der Waals surface area contributed by atoms with Gasteiger partial charge in [-0.15, -0.1) is 0 Å². The summed E-state index contributed by atoms with van der Waals surface area (Å²) in [5.74, 6) is 0. The van der Waals surface area contributed by atoms with E-state index < -0.39 is 0 Å². The molecule has 0 spiro atoms. The van der Waals surface area contributed by atoms with Crippen LogP contribution in [0.4, 0.5) is 0 Å². The van der Waals surface area contributed by atoms with E-state index in [9.17, 15) is 0 Å². The first-order chi connectivity index (χ1) is 9.63. The Balaban J connectivity index is 2.39. The third-order valence-corrected chi connectivity index (χ3v) is 3.89. The highest BCUT2D eigenvalue weighted by Gasteiger charge is 2.08. The fourth-order valence-electron chi connectivity index (χ4n) is 2.59. The highest BCUT2D eigenvalue weighted by atomic mass is 14.8. The molecule has 0 aliphatic carbocycles. The number of benzene rings is 2. The van der Waals surface area contributed by atoms with Crippen LogP contribution in [0.1, 0.15) is 35.6 Å². The summed E-state index contributed by atoms with van der Waals surface area (Å²) in [6.07, 6.45) is 1.17. The fourth-order valence-corrected chi connectivity index (χ4v) is 2.59. The number of rotatable bonds is 5. The Morgan fingerprint density at radius 2 is 1.55 bits per heavy atom. The molecule has 0 bridgehead atoms. The van der Waals surface area contributed by atoms with Gasteiger partial charge in [0, 0.05) is 6.54 Å². The smallest absolute Gasteiger partial charge is 0.0211 e. The largest absolute Gasteiger partial charge is 0.313 e. The maximum Gasteiger partial charge on any atom is 0.0211 e. The molecule has 1 N–H and O–H groups in total. The van der Waals surface area contributed by atoms with Crippen molar-refractivity contribution in [3.63, 3.8) is 0 Å². The minimum absolute atomic E-state index is 0.941. The normalized spacial score (nSPS) is 10.8. The molecule has 0 aliphatic rings. The van der Waals surface area contributed by atoms with Crippen molar-refractivity contribution in [1.29, 1.82) is 0 Å². The summed E-state index contributed by atoms with van der Waals surface area (Å²) in [6, 6.07) is 13.3. The molecular weight excluding hydrogens is 242 g/mol. The Morgan fingerprint density at radius 1 is 0.850 bits per heavy atom. The van der Waals surface area contributed by atoms with Crippen LogP contribution in [0.5, 0.6) is 0 Å². The molecule has 0 aliphatic heterocycles. The Bertz CT molecular complexity index is 584.